The summed E-state index contributed by atoms with van der Waals surface area (Å²) >= 11 is 0. The fourth-order valence-electron chi connectivity index (χ4n) is 2.75. The number of nitrogens with two attached hydrogens (primary N) is 1. The standard InChI is InChI=1S/C16H20N5O3P/c1-2-11(25(22,23)24)15-20-13-14(17)18-12(19-16(13)21-15)9-8-10-6-4-3-5-7-10/h3-7,11H,2,8-9H2,1H3,(H2,22,23,24)(H3,17,18,19,20,21). The number of nitrogens with one attached hydrogen (secondary N) is 1. The number of benzene rings is 1. The van der Waals surface area contributed by atoms with Crippen LogP contribution in [0.25, 0.3) is 11.2 Å². The number of H-pyrrole nitrogens is 1. The first-order valence-electron chi connectivity index (χ1n) is 7.99. The van der Waals surface area contributed by atoms with Gasteiger partial charge in [0.2, 0.25) is 0 Å². The molecule has 0 aliphatic carbocycles. The van der Waals surface area contributed by atoms with Gasteiger partial charge < -0.3 is 20.5 Å². The fourth-order valence-corrected chi connectivity index (χ4v) is 3.66. The molecular weight excluding hydrogens is 341 g/mol. The maximum atomic E-state index is 11.6. The van der Waals surface area contributed by atoms with Crippen LogP contribution in [0.1, 0.15) is 36.2 Å². The summed E-state index contributed by atoms with van der Waals surface area (Å²) in [6, 6.07) is 9.97. The predicted octanol–water partition coefficient (Wildman–Crippen LogP) is 2.35. The molecule has 132 valence electrons. The van der Waals surface area contributed by atoms with Crippen molar-refractivity contribution in [3.63, 3.8) is 0 Å². The molecule has 1 aromatic carbocycles. The van der Waals surface area contributed by atoms with E-state index in [1.165, 1.54) is 5.56 Å². The van der Waals surface area contributed by atoms with Crippen molar-refractivity contribution in [2.45, 2.75) is 31.8 Å². The van der Waals surface area contributed by atoms with E-state index in [4.69, 9.17) is 5.73 Å². The van der Waals surface area contributed by atoms with Crippen molar-refractivity contribution in [1.29, 1.82) is 0 Å². The number of fused-ring (bicyclic) bond motifs is 1. The largest absolute Gasteiger partial charge is 0.382 e. The van der Waals surface area contributed by atoms with E-state index in [0.717, 1.165) is 6.42 Å². The highest BCUT2D eigenvalue weighted by molar-refractivity contribution is 7.52. The monoisotopic (exact) mass is 361 g/mol. The van der Waals surface area contributed by atoms with Gasteiger partial charge in [-0.2, -0.15) is 0 Å². The number of aromatic nitrogens is 4. The van der Waals surface area contributed by atoms with Crippen LogP contribution >= 0.6 is 7.60 Å². The van der Waals surface area contributed by atoms with E-state index < -0.39 is 13.3 Å². The number of hydrogen-bond acceptors (Lipinski definition) is 5. The third-order valence-corrected chi connectivity index (χ3v) is 5.45. The predicted molar refractivity (Wildman–Crippen MR) is 95.0 cm³/mol. The van der Waals surface area contributed by atoms with Gasteiger partial charge in [0.1, 0.15) is 22.8 Å². The Labute approximate surface area is 144 Å². The van der Waals surface area contributed by atoms with Crippen molar-refractivity contribution in [2.75, 3.05) is 5.73 Å². The Morgan fingerprint density at radius 1 is 1.16 bits per heavy atom. The van der Waals surface area contributed by atoms with E-state index in [0.29, 0.717) is 23.4 Å². The van der Waals surface area contributed by atoms with Gasteiger partial charge in [-0.05, 0) is 18.4 Å². The van der Waals surface area contributed by atoms with Crippen molar-refractivity contribution in [1.82, 2.24) is 19.9 Å². The molecule has 25 heavy (non-hydrogen) atoms. The summed E-state index contributed by atoms with van der Waals surface area (Å²) in [6.45, 7) is 1.69. The second kappa shape index (κ2) is 6.92. The highest BCUT2D eigenvalue weighted by Gasteiger charge is 2.32. The summed E-state index contributed by atoms with van der Waals surface area (Å²) in [5.41, 5.74) is 6.86. The molecule has 2 aromatic heterocycles. The summed E-state index contributed by atoms with van der Waals surface area (Å²) in [7, 11) is -4.32. The maximum absolute atomic E-state index is 11.6. The molecule has 5 N–H and O–H groups in total. The van der Waals surface area contributed by atoms with Crippen molar-refractivity contribution < 1.29 is 14.4 Å². The summed E-state index contributed by atoms with van der Waals surface area (Å²) in [5, 5.41) is 0. The lowest BCUT2D eigenvalue weighted by molar-refractivity contribution is 0.355. The smallest absolute Gasteiger partial charge is 0.336 e. The van der Waals surface area contributed by atoms with E-state index in [1.807, 2.05) is 30.3 Å². The average molecular weight is 361 g/mol. The Morgan fingerprint density at radius 3 is 2.52 bits per heavy atom. The van der Waals surface area contributed by atoms with E-state index in [2.05, 4.69) is 19.9 Å². The Bertz CT molecular complexity index is 922. The molecule has 3 rings (SSSR count). The molecule has 0 spiro atoms. The summed E-state index contributed by atoms with van der Waals surface area (Å²) in [4.78, 5) is 34.7. The van der Waals surface area contributed by atoms with Crippen LogP contribution in [0.4, 0.5) is 5.82 Å². The molecular formula is C16H20N5O3P. The molecule has 0 amide bonds. The number of anilines is 1. The van der Waals surface area contributed by atoms with Crippen molar-refractivity contribution in [3.8, 4) is 0 Å². The van der Waals surface area contributed by atoms with E-state index in [-0.39, 0.29) is 18.1 Å². The van der Waals surface area contributed by atoms with Gasteiger partial charge in [-0.25, -0.2) is 15.0 Å². The van der Waals surface area contributed by atoms with Crippen LogP contribution in [-0.4, -0.2) is 29.7 Å². The zero-order valence-corrected chi connectivity index (χ0v) is 14.6. The molecule has 0 saturated carbocycles. The number of nitrogen functional groups attached to an aromatic ring is 1. The Morgan fingerprint density at radius 2 is 1.88 bits per heavy atom. The molecule has 1 unspecified atom stereocenters. The maximum Gasteiger partial charge on any atom is 0.336 e. The number of nitrogens with zero attached hydrogens (tertiary/aromatic N) is 3. The number of aromatic amines is 1. The lowest BCUT2D eigenvalue weighted by Gasteiger charge is -2.13. The van der Waals surface area contributed by atoms with Crippen molar-refractivity contribution in [2.24, 2.45) is 0 Å². The lowest BCUT2D eigenvalue weighted by atomic mass is 10.1. The second-order valence-corrected chi connectivity index (χ2v) is 7.64. The number of hydrogen-bond donors (Lipinski definition) is 4. The van der Waals surface area contributed by atoms with Crippen LogP contribution in [0.5, 0.6) is 0 Å². The van der Waals surface area contributed by atoms with Gasteiger partial charge in [-0.15, -0.1) is 0 Å². The minimum absolute atomic E-state index is 0.187. The van der Waals surface area contributed by atoms with E-state index >= 15 is 0 Å². The van der Waals surface area contributed by atoms with Gasteiger partial charge in [-0.1, -0.05) is 37.3 Å². The van der Waals surface area contributed by atoms with E-state index in [1.54, 1.807) is 6.92 Å². The first-order chi connectivity index (χ1) is 11.9. The SMILES string of the molecule is CCC(c1nc2c(N)nc(CCc3ccccc3)nc2[nH]1)P(=O)(O)O. The first-order valence-corrected chi connectivity index (χ1v) is 9.67. The summed E-state index contributed by atoms with van der Waals surface area (Å²) < 4.78 is 11.6. The third kappa shape index (κ3) is 3.87. The molecule has 0 saturated heterocycles. The molecule has 0 aliphatic rings. The number of aryl methyl sites for hydroxylation is 2. The number of rotatable bonds is 6. The quantitative estimate of drug-likeness (QED) is 0.494. The highest BCUT2D eigenvalue weighted by atomic mass is 31.2. The summed E-state index contributed by atoms with van der Waals surface area (Å²) in [5.74, 6) is 0.955. The number of imidazole rings is 1. The van der Waals surface area contributed by atoms with Gasteiger partial charge >= 0.3 is 7.60 Å². The fraction of sp³-hybridized carbons (Fsp3) is 0.312. The normalized spacial score (nSPS) is 13.2. The van der Waals surface area contributed by atoms with E-state index in [9.17, 15) is 14.4 Å². The molecule has 0 aliphatic heterocycles. The highest BCUT2D eigenvalue weighted by Crippen LogP contribution is 2.52. The average Bonchev–Trinajstić information content (AvgIpc) is 2.97. The van der Waals surface area contributed by atoms with Gasteiger partial charge in [0.05, 0.1) is 0 Å². The minimum Gasteiger partial charge on any atom is -0.382 e. The first kappa shape index (κ1) is 17.5. The van der Waals surface area contributed by atoms with Crippen molar-refractivity contribution >= 4 is 24.6 Å². The van der Waals surface area contributed by atoms with Crippen LogP contribution in [0.3, 0.4) is 0 Å². The van der Waals surface area contributed by atoms with Crippen molar-refractivity contribution in [3.05, 3.63) is 47.5 Å². The van der Waals surface area contributed by atoms with Crippen LogP contribution in [0.2, 0.25) is 0 Å². The van der Waals surface area contributed by atoms with Crippen LogP contribution < -0.4 is 5.73 Å². The third-order valence-electron chi connectivity index (χ3n) is 4.02. The zero-order valence-electron chi connectivity index (χ0n) is 13.8. The molecule has 0 radical (unpaired) electrons. The lowest BCUT2D eigenvalue weighted by Crippen LogP contribution is -2.02. The van der Waals surface area contributed by atoms with Crippen LogP contribution in [0.15, 0.2) is 30.3 Å². The Kier molecular flexibility index (Phi) is 4.85. The minimum atomic E-state index is -4.32. The summed E-state index contributed by atoms with van der Waals surface area (Å²) in [6.07, 6.45) is 1.62. The molecule has 2 heterocycles. The molecule has 0 fully saturated rings. The Balaban J connectivity index is 1.90. The zero-order chi connectivity index (χ0) is 18.0. The van der Waals surface area contributed by atoms with Gasteiger partial charge in [0.25, 0.3) is 0 Å². The molecule has 3 aromatic rings. The van der Waals surface area contributed by atoms with Gasteiger partial charge in [0.15, 0.2) is 11.5 Å². The van der Waals surface area contributed by atoms with Crippen LogP contribution in [0, 0.1) is 0 Å². The molecule has 9 heteroatoms. The topological polar surface area (TPSA) is 138 Å². The Hall–Kier alpha value is -2.28. The van der Waals surface area contributed by atoms with Gasteiger partial charge in [-0.3, -0.25) is 4.57 Å². The van der Waals surface area contributed by atoms with Crippen LogP contribution in [-0.2, 0) is 17.4 Å². The molecule has 1 atom stereocenters. The molecule has 0 bridgehead atoms. The molecule has 8 nitrogen and oxygen atoms in total. The van der Waals surface area contributed by atoms with Gasteiger partial charge in [0, 0.05) is 6.42 Å². The second-order valence-electron chi connectivity index (χ2n) is 5.84.